The average molecular weight is 316 g/mol. The SMILES string of the molecule is O=C(NC1CCCc2occc21)C1CC1c1ccccc1Cl. The van der Waals surface area contributed by atoms with Crippen molar-refractivity contribution >= 4 is 17.5 Å². The molecule has 1 aromatic heterocycles. The highest BCUT2D eigenvalue weighted by Crippen LogP contribution is 2.50. The number of furan rings is 1. The highest BCUT2D eigenvalue weighted by molar-refractivity contribution is 6.31. The van der Waals surface area contributed by atoms with Gasteiger partial charge in [-0.3, -0.25) is 4.79 Å². The molecule has 114 valence electrons. The molecule has 3 unspecified atom stereocenters. The van der Waals surface area contributed by atoms with Crippen molar-refractivity contribution in [3.63, 3.8) is 0 Å². The predicted molar refractivity (Wildman–Crippen MR) is 84.8 cm³/mol. The van der Waals surface area contributed by atoms with Gasteiger partial charge < -0.3 is 9.73 Å². The van der Waals surface area contributed by atoms with Gasteiger partial charge in [0.2, 0.25) is 5.91 Å². The van der Waals surface area contributed by atoms with Crippen LogP contribution in [0.1, 0.15) is 48.1 Å². The number of nitrogens with one attached hydrogen (secondary N) is 1. The lowest BCUT2D eigenvalue weighted by molar-refractivity contribution is -0.123. The Hall–Kier alpha value is -1.74. The quantitative estimate of drug-likeness (QED) is 0.921. The Morgan fingerprint density at radius 3 is 2.95 bits per heavy atom. The third-order valence-electron chi connectivity index (χ3n) is 4.80. The molecule has 1 heterocycles. The summed E-state index contributed by atoms with van der Waals surface area (Å²) < 4.78 is 5.48. The summed E-state index contributed by atoms with van der Waals surface area (Å²) in [5, 5.41) is 3.96. The molecule has 3 atom stereocenters. The van der Waals surface area contributed by atoms with E-state index in [0.29, 0.717) is 0 Å². The van der Waals surface area contributed by atoms with Crippen molar-refractivity contribution in [3.8, 4) is 0 Å². The standard InChI is InChI=1S/C18H18ClNO2/c19-15-5-2-1-4-11(15)13-10-14(13)18(21)20-16-6-3-7-17-12(16)8-9-22-17/h1-2,4-5,8-9,13-14,16H,3,6-7,10H2,(H,20,21). The summed E-state index contributed by atoms with van der Waals surface area (Å²) in [4.78, 5) is 12.5. The lowest BCUT2D eigenvalue weighted by Crippen LogP contribution is -2.31. The molecule has 22 heavy (non-hydrogen) atoms. The number of benzene rings is 1. The molecular weight excluding hydrogens is 298 g/mol. The van der Waals surface area contributed by atoms with Crippen LogP contribution in [0.4, 0.5) is 0 Å². The lowest BCUT2D eigenvalue weighted by Gasteiger charge is -2.22. The molecule has 1 amide bonds. The van der Waals surface area contributed by atoms with E-state index >= 15 is 0 Å². The van der Waals surface area contributed by atoms with Crippen LogP contribution in [0.5, 0.6) is 0 Å². The largest absolute Gasteiger partial charge is 0.469 e. The Labute approximate surface area is 134 Å². The van der Waals surface area contributed by atoms with Crippen LogP contribution in [-0.2, 0) is 11.2 Å². The number of aryl methyl sites for hydroxylation is 1. The first kappa shape index (κ1) is 13.9. The predicted octanol–water partition coefficient (Wildman–Crippen LogP) is 4.23. The summed E-state index contributed by atoms with van der Waals surface area (Å²) in [6, 6.07) is 9.90. The zero-order valence-corrected chi connectivity index (χ0v) is 13.0. The molecule has 1 saturated carbocycles. The summed E-state index contributed by atoms with van der Waals surface area (Å²) in [6.07, 6.45) is 5.63. The van der Waals surface area contributed by atoms with E-state index < -0.39 is 0 Å². The molecule has 4 heteroatoms. The molecule has 1 aromatic carbocycles. The normalized spacial score (nSPS) is 26.3. The van der Waals surface area contributed by atoms with Gasteiger partial charge in [-0.25, -0.2) is 0 Å². The molecule has 3 nitrogen and oxygen atoms in total. The maximum atomic E-state index is 12.5. The van der Waals surface area contributed by atoms with E-state index in [1.54, 1.807) is 6.26 Å². The molecule has 4 rings (SSSR count). The van der Waals surface area contributed by atoms with E-state index in [-0.39, 0.29) is 23.8 Å². The molecule has 0 aliphatic heterocycles. The second-order valence-corrected chi connectivity index (χ2v) is 6.63. The van der Waals surface area contributed by atoms with Gasteiger partial charge in [-0.1, -0.05) is 29.8 Å². The third-order valence-corrected chi connectivity index (χ3v) is 5.14. The topological polar surface area (TPSA) is 42.2 Å². The smallest absolute Gasteiger partial charge is 0.224 e. The van der Waals surface area contributed by atoms with E-state index in [0.717, 1.165) is 47.6 Å². The number of amides is 1. The minimum atomic E-state index is 0.0529. The van der Waals surface area contributed by atoms with Crippen LogP contribution in [0.15, 0.2) is 41.0 Å². The van der Waals surface area contributed by atoms with Crippen molar-refractivity contribution in [1.82, 2.24) is 5.32 Å². The van der Waals surface area contributed by atoms with Crippen LogP contribution in [0.2, 0.25) is 5.02 Å². The number of halogens is 1. The summed E-state index contributed by atoms with van der Waals surface area (Å²) >= 11 is 6.23. The van der Waals surface area contributed by atoms with E-state index in [4.69, 9.17) is 16.0 Å². The number of hydrogen-bond donors (Lipinski definition) is 1. The van der Waals surface area contributed by atoms with Gasteiger partial charge >= 0.3 is 0 Å². The van der Waals surface area contributed by atoms with Crippen molar-refractivity contribution in [2.75, 3.05) is 0 Å². The number of hydrogen-bond acceptors (Lipinski definition) is 2. The Kier molecular flexibility index (Phi) is 3.45. The third kappa shape index (κ3) is 2.44. The first-order chi connectivity index (χ1) is 10.7. The van der Waals surface area contributed by atoms with E-state index in [2.05, 4.69) is 5.32 Å². The maximum Gasteiger partial charge on any atom is 0.224 e. The average Bonchev–Trinajstić information content (AvgIpc) is 3.16. The molecule has 2 aromatic rings. The maximum absolute atomic E-state index is 12.5. The molecule has 1 fully saturated rings. The zero-order chi connectivity index (χ0) is 15.1. The monoisotopic (exact) mass is 315 g/mol. The Balaban J connectivity index is 1.44. The van der Waals surface area contributed by atoms with Crippen LogP contribution in [0, 0.1) is 5.92 Å². The van der Waals surface area contributed by atoms with Gasteiger partial charge in [0.05, 0.1) is 12.3 Å². The second-order valence-electron chi connectivity index (χ2n) is 6.22. The van der Waals surface area contributed by atoms with Crippen LogP contribution < -0.4 is 5.32 Å². The molecule has 0 bridgehead atoms. The number of fused-ring (bicyclic) bond motifs is 1. The van der Waals surface area contributed by atoms with Gasteiger partial charge in [0.1, 0.15) is 5.76 Å². The summed E-state index contributed by atoms with van der Waals surface area (Å²) in [5.41, 5.74) is 2.24. The minimum Gasteiger partial charge on any atom is -0.469 e. The van der Waals surface area contributed by atoms with Crippen molar-refractivity contribution in [2.24, 2.45) is 5.92 Å². The van der Waals surface area contributed by atoms with Crippen LogP contribution in [0.25, 0.3) is 0 Å². The van der Waals surface area contributed by atoms with Crippen molar-refractivity contribution in [2.45, 2.75) is 37.6 Å². The second kappa shape index (κ2) is 5.47. The molecule has 1 N–H and O–H groups in total. The molecule has 2 aliphatic rings. The van der Waals surface area contributed by atoms with Gasteiger partial charge in [-0.05, 0) is 42.9 Å². The summed E-state index contributed by atoms with van der Waals surface area (Å²) in [6.45, 7) is 0. The minimum absolute atomic E-state index is 0.0529. The lowest BCUT2D eigenvalue weighted by atomic mass is 9.93. The van der Waals surface area contributed by atoms with E-state index in [9.17, 15) is 4.79 Å². The first-order valence-electron chi connectivity index (χ1n) is 7.85. The van der Waals surface area contributed by atoms with Crippen LogP contribution in [-0.4, -0.2) is 5.91 Å². The fourth-order valence-electron chi connectivity index (χ4n) is 3.52. The number of carbonyl (C=O) groups is 1. The van der Waals surface area contributed by atoms with Crippen molar-refractivity contribution in [1.29, 1.82) is 0 Å². The Bertz CT molecular complexity index is 709. The molecule has 2 aliphatic carbocycles. The summed E-state index contributed by atoms with van der Waals surface area (Å²) in [5.74, 6) is 1.48. The number of rotatable bonds is 3. The highest BCUT2D eigenvalue weighted by Gasteiger charge is 2.45. The van der Waals surface area contributed by atoms with Gasteiger partial charge in [-0.15, -0.1) is 0 Å². The molecule has 0 spiro atoms. The molecule has 0 radical (unpaired) electrons. The van der Waals surface area contributed by atoms with Crippen molar-refractivity contribution < 1.29 is 9.21 Å². The fourth-order valence-corrected chi connectivity index (χ4v) is 3.80. The van der Waals surface area contributed by atoms with Gasteiger partial charge in [0.15, 0.2) is 0 Å². The van der Waals surface area contributed by atoms with E-state index in [1.807, 2.05) is 30.3 Å². The molecular formula is C18H18ClNO2. The van der Waals surface area contributed by atoms with Gasteiger partial charge in [0, 0.05) is 22.9 Å². The van der Waals surface area contributed by atoms with Gasteiger partial charge in [-0.2, -0.15) is 0 Å². The highest BCUT2D eigenvalue weighted by atomic mass is 35.5. The van der Waals surface area contributed by atoms with Crippen LogP contribution >= 0.6 is 11.6 Å². The fraction of sp³-hybridized carbons (Fsp3) is 0.389. The molecule has 0 saturated heterocycles. The van der Waals surface area contributed by atoms with Crippen LogP contribution in [0.3, 0.4) is 0 Å². The Morgan fingerprint density at radius 1 is 1.23 bits per heavy atom. The Morgan fingerprint density at radius 2 is 2.09 bits per heavy atom. The zero-order valence-electron chi connectivity index (χ0n) is 12.2. The number of carbonyl (C=O) groups excluding carboxylic acids is 1. The van der Waals surface area contributed by atoms with E-state index in [1.165, 1.54) is 0 Å². The first-order valence-corrected chi connectivity index (χ1v) is 8.23. The summed E-state index contributed by atoms with van der Waals surface area (Å²) in [7, 11) is 0. The van der Waals surface area contributed by atoms with Gasteiger partial charge in [0.25, 0.3) is 0 Å². The van der Waals surface area contributed by atoms with Crippen molar-refractivity contribution in [3.05, 3.63) is 58.5 Å².